The molecular formula is C13H14O3. The molecule has 2 atom stereocenters. The number of hydrogen-bond acceptors (Lipinski definition) is 3. The second kappa shape index (κ2) is 4.96. The van der Waals surface area contributed by atoms with E-state index < -0.39 is 12.2 Å². The average Bonchev–Trinajstić information content (AvgIpc) is 2.82. The summed E-state index contributed by atoms with van der Waals surface area (Å²) in [4.78, 5) is 0. The van der Waals surface area contributed by atoms with Crippen molar-refractivity contribution in [2.75, 3.05) is 0 Å². The molecule has 3 heteroatoms. The lowest BCUT2D eigenvalue weighted by atomic mass is 10.0. The van der Waals surface area contributed by atoms with Crippen molar-refractivity contribution in [1.82, 2.24) is 0 Å². The zero-order chi connectivity index (χ0) is 11.4. The molecule has 0 radical (unpaired) electrons. The third kappa shape index (κ3) is 2.51. The second-order valence-electron chi connectivity index (χ2n) is 3.71. The molecule has 0 aliphatic rings. The van der Waals surface area contributed by atoms with E-state index in [4.69, 9.17) is 4.42 Å². The van der Waals surface area contributed by atoms with Crippen LogP contribution < -0.4 is 0 Å². The number of rotatable bonds is 4. The van der Waals surface area contributed by atoms with Gasteiger partial charge in [0.1, 0.15) is 11.9 Å². The van der Waals surface area contributed by atoms with E-state index in [1.54, 1.807) is 30.5 Å². The highest BCUT2D eigenvalue weighted by Gasteiger charge is 2.19. The molecule has 0 bridgehead atoms. The summed E-state index contributed by atoms with van der Waals surface area (Å²) in [7, 11) is 0. The molecule has 0 amide bonds. The fourth-order valence-electron chi connectivity index (χ4n) is 1.62. The molecule has 2 N–H and O–H groups in total. The van der Waals surface area contributed by atoms with E-state index in [0.29, 0.717) is 17.7 Å². The molecular weight excluding hydrogens is 204 g/mol. The molecule has 0 unspecified atom stereocenters. The van der Waals surface area contributed by atoms with Crippen LogP contribution in [0.3, 0.4) is 0 Å². The SMILES string of the molecule is O[C@H](Cc1ccco1)[C@H](O)c1ccccc1. The normalized spacial score (nSPS) is 14.6. The van der Waals surface area contributed by atoms with Gasteiger partial charge in [0.05, 0.1) is 12.4 Å². The van der Waals surface area contributed by atoms with Gasteiger partial charge in [-0.05, 0) is 17.7 Å². The Balaban J connectivity index is 2.02. The fourth-order valence-corrected chi connectivity index (χ4v) is 1.62. The standard InChI is InChI=1S/C13H14O3/c14-12(9-11-7-4-8-16-11)13(15)10-5-2-1-3-6-10/h1-8,12-15H,9H2/t12-,13-/m1/s1. The van der Waals surface area contributed by atoms with Crippen LogP contribution in [-0.4, -0.2) is 16.3 Å². The summed E-state index contributed by atoms with van der Waals surface area (Å²) in [6, 6.07) is 12.6. The first kappa shape index (κ1) is 10.9. The van der Waals surface area contributed by atoms with E-state index in [0.717, 1.165) is 0 Å². The summed E-state index contributed by atoms with van der Waals surface area (Å²) >= 11 is 0. The van der Waals surface area contributed by atoms with Gasteiger partial charge in [-0.3, -0.25) is 0 Å². The number of furan rings is 1. The quantitative estimate of drug-likeness (QED) is 0.824. The third-order valence-corrected chi connectivity index (χ3v) is 2.50. The van der Waals surface area contributed by atoms with Crippen LogP contribution in [-0.2, 0) is 6.42 Å². The highest BCUT2D eigenvalue weighted by molar-refractivity contribution is 5.18. The maximum Gasteiger partial charge on any atom is 0.106 e. The highest BCUT2D eigenvalue weighted by Crippen LogP contribution is 2.19. The second-order valence-corrected chi connectivity index (χ2v) is 3.71. The summed E-state index contributed by atoms with van der Waals surface area (Å²) in [5.74, 6) is 0.669. The minimum absolute atomic E-state index is 0.309. The number of benzene rings is 1. The van der Waals surface area contributed by atoms with Gasteiger partial charge < -0.3 is 14.6 Å². The molecule has 2 rings (SSSR count). The molecule has 16 heavy (non-hydrogen) atoms. The molecule has 3 nitrogen and oxygen atoms in total. The van der Waals surface area contributed by atoms with E-state index in [2.05, 4.69) is 0 Å². The van der Waals surface area contributed by atoms with Gasteiger partial charge in [0.15, 0.2) is 0 Å². The van der Waals surface area contributed by atoms with Gasteiger partial charge >= 0.3 is 0 Å². The van der Waals surface area contributed by atoms with Crippen LogP contribution >= 0.6 is 0 Å². The molecule has 0 aliphatic carbocycles. The molecule has 0 fully saturated rings. The van der Waals surface area contributed by atoms with E-state index in [1.807, 2.05) is 18.2 Å². The zero-order valence-corrected chi connectivity index (χ0v) is 8.78. The lowest BCUT2D eigenvalue weighted by molar-refractivity contribution is 0.0161. The van der Waals surface area contributed by atoms with Gasteiger partial charge in [0.2, 0.25) is 0 Å². The molecule has 2 aromatic rings. The Hall–Kier alpha value is -1.58. The van der Waals surface area contributed by atoms with Gasteiger partial charge in [0, 0.05) is 6.42 Å². The molecule has 0 saturated carbocycles. The van der Waals surface area contributed by atoms with Gasteiger partial charge in [0.25, 0.3) is 0 Å². The predicted molar refractivity (Wildman–Crippen MR) is 59.8 cm³/mol. The highest BCUT2D eigenvalue weighted by atomic mass is 16.3. The van der Waals surface area contributed by atoms with E-state index >= 15 is 0 Å². The van der Waals surface area contributed by atoms with Crippen molar-refractivity contribution < 1.29 is 14.6 Å². The topological polar surface area (TPSA) is 53.6 Å². The monoisotopic (exact) mass is 218 g/mol. The van der Waals surface area contributed by atoms with Gasteiger partial charge in [-0.15, -0.1) is 0 Å². The summed E-state index contributed by atoms with van der Waals surface area (Å²) in [6.07, 6.45) is 0.125. The lowest BCUT2D eigenvalue weighted by Gasteiger charge is -2.16. The van der Waals surface area contributed by atoms with E-state index in [9.17, 15) is 10.2 Å². The van der Waals surface area contributed by atoms with Crippen LogP contribution in [0, 0.1) is 0 Å². The van der Waals surface area contributed by atoms with E-state index in [-0.39, 0.29) is 0 Å². The third-order valence-electron chi connectivity index (χ3n) is 2.50. The fraction of sp³-hybridized carbons (Fsp3) is 0.231. The van der Waals surface area contributed by atoms with Crippen LogP contribution in [0.4, 0.5) is 0 Å². The van der Waals surface area contributed by atoms with Crippen molar-refractivity contribution >= 4 is 0 Å². The zero-order valence-electron chi connectivity index (χ0n) is 8.78. The smallest absolute Gasteiger partial charge is 0.106 e. The maximum absolute atomic E-state index is 9.90. The summed E-state index contributed by atoms with van der Waals surface area (Å²) < 4.78 is 5.12. The first-order chi connectivity index (χ1) is 7.77. The summed E-state index contributed by atoms with van der Waals surface area (Å²) in [5.41, 5.74) is 0.710. The molecule has 0 saturated heterocycles. The van der Waals surface area contributed by atoms with Crippen LogP contribution in [0.2, 0.25) is 0 Å². The van der Waals surface area contributed by atoms with Crippen LogP contribution in [0.1, 0.15) is 17.4 Å². The Morgan fingerprint density at radius 1 is 1.00 bits per heavy atom. The maximum atomic E-state index is 9.90. The minimum atomic E-state index is -0.883. The van der Waals surface area contributed by atoms with Gasteiger partial charge in [-0.2, -0.15) is 0 Å². The number of aliphatic hydroxyl groups excluding tert-OH is 2. The van der Waals surface area contributed by atoms with Crippen LogP contribution in [0.15, 0.2) is 53.1 Å². The molecule has 84 valence electrons. The number of hydrogen-bond donors (Lipinski definition) is 2. The first-order valence-electron chi connectivity index (χ1n) is 5.21. The summed E-state index contributed by atoms with van der Waals surface area (Å²) in [6.45, 7) is 0. The average molecular weight is 218 g/mol. The van der Waals surface area contributed by atoms with Crippen molar-refractivity contribution in [3.8, 4) is 0 Å². The first-order valence-corrected chi connectivity index (χ1v) is 5.21. The Morgan fingerprint density at radius 2 is 1.75 bits per heavy atom. The van der Waals surface area contributed by atoms with Crippen molar-refractivity contribution in [1.29, 1.82) is 0 Å². The minimum Gasteiger partial charge on any atom is -0.469 e. The molecule has 0 aliphatic heterocycles. The summed E-state index contributed by atoms with van der Waals surface area (Å²) in [5, 5.41) is 19.7. The van der Waals surface area contributed by atoms with Crippen molar-refractivity contribution in [3.63, 3.8) is 0 Å². The van der Waals surface area contributed by atoms with Crippen LogP contribution in [0.25, 0.3) is 0 Å². The molecule has 0 spiro atoms. The van der Waals surface area contributed by atoms with Crippen molar-refractivity contribution in [2.45, 2.75) is 18.6 Å². The largest absolute Gasteiger partial charge is 0.469 e. The Morgan fingerprint density at radius 3 is 2.38 bits per heavy atom. The number of aliphatic hydroxyl groups is 2. The lowest BCUT2D eigenvalue weighted by Crippen LogP contribution is -2.20. The Kier molecular flexibility index (Phi) is 3.39. The van der Waals surface area contributed by atoms with Crippen molar-refractivity contribution in [3.05, 3.63) is 60.1 Å². The molecule has 1 heterocycles. The van der Waals surface area contributed by atoms with Crippen LogP contribution in [0.5, 0.6) is 0 Å². The van der Waals surface area contributed by atoms with E-state index in [1.165, 1.54) is 0 Å². The predicted octanol–water partition coefficient (Wildman–Crippen LogP) is 1.92. The molecule has 1 aromatic carbocycles. The Bertz CT molecular complexity index is 408. The van der Waals surface area contributed by atoms with Crippen molar-refractivity contribution in [2.24, 2.45) is 0 Å². The molecule has 1 aromatic heterocycles. The van der Waals surface area contributed by atoms with Gasteiger partial charge in [-0.25, -0.2) is 0 Å². The Labute approximate surface area is 94.0 Å². The van der Waals surface area contributed by atoms with Gasteiger partial charge in [-0.1, -0.05) is 30.3 Å².